The lowest BCUT2D eigenvalue weighted by atomic mass is 10.1. The SMILES string of the molecule is CC.COC(=O)c1ccc(C(C)(F)F)cc1N. The molecule has 0 saturated heterocycles. The molecular weight excluding hydrogens is 228 g/mol. The van der Waals surface area contributed by atoms with Gasteiger partial charge in [0.05, 0.1) is 12.7 Å². The molecule has 0 unspecified atom stereocenters. The van der Waals surface area contributed by atoms with Crippen molar-refractivity contribution in [3.63, 3.8) is 0 Å². The van der Waals surface area contributed by atoms with Gasteiger partial charge in [0.25, 0.3) is 5.92 Å². The summed E-state index contributed by atoms with van der Waals surface area (Å²) in [5, 5.41) is 0. The largest absolute Gasteiger partial charge is 0.465 e. The number of methoxy groups -OCH3 is 1. The predicted octanol–water partition coefficient (Wildman–Crippen LogP) is 3.19. The van der Waals surface area contributed by atoms with Gasteiger partial charge >= 0.3 is 5.97 Å². The predicted molar refractivity (Wildman–Crippen MR) is 63.1 cm³/mol. The Labute approximate surface area is 99.6 Å². The maximum atomic E-state index is 12.9. The van der Waals surface area contributed by atoms with E-state index < -0.39 is 11.9 Å². The lowest BCUT2D eigenvalue weighted by molar-refractivity contribution is 0.0174. The van der Waals surface area contributed by atoms with Crippen LogP contribution in [0.25, 0.3) is 0 Å². The van der Waals surface area contributed by atoms with E-state index in [2.05, 4.69) is 4.74 Å². The number of hydrogen-bond acceptors (Lipinski definition) is 3. The van der Waals surface area contributed by atoms with Gasteiger partial charge in [0.2, 0.25) is 0 Å². The second-order valence-electron chi connectivity index (χ2n) is 3.18. The molecule has 1 aromatic carbocycles. The van der Waals surface area contributed by atoms with Gasteiger partial charge in [0, 0.05) is 18.2 Å². The van der Waals surface area contributed by atoms with Crippen molar-refractivity contribution < 1.29 is 18.3 Å². The molecule has 0 radical (unpaired) electrons. The normalized spacial score (nSPS) is 10.2. The van der Waals surface area contributed by atoms with E-state index in [1.54, 1.807) is 0 Å². The van der Waals surface area contributed by atoms with Gasteiger partial charge in [-0.2, -0.15) is 0 Å². The van der Waals surface area contributed by atoms with Crippen LogP contribution < -0.4 is 5.73 Å². The highest BCUT2D eigenvalue weighted by molar-refractivity contribution is 5.95. The Morgan fingerprint density at radius 2 is 1.88 bits per heavy atom. The molecule has 0 aliphatic heterocycles. The number of rotatable bonds is 2. The third-order valence-electron chi connectivity index (χ3n) is 1.96. The fourth-order valence-electron chi connectivity index (χ4n) is 1.13. The topological polar surface area (TPSA) is 52.3 Å². The second-order valence-corrected chi connectivity index (χ2v) is 3.18. The van der Waals surface area contributed by atoms with Gasteiger partial charge in [-0.3, -0.25) is 0 Å². The number of hydrogen-bond donors (Lipinski definition) is 1. The Morgan fingerprint density at radius 1 is 1.35 bits per heavy atom. The number of nitrogen functional groups attached to an aromatic ring is 1. The van der Waals surface area contributed by atoms with Crippen molar-refractivity contribution in [3.8, 4) is 0 Å². The number of anilines is 1. The molecule has 0 saturated carbocycles. The van der Waals surface area contributed by atoms with Gasteiger partial charge in [-0.25, -0.2) is 13.6 Å². The molecule has 1 aromatic rings. The van der Waals surface area contributed by atoms with E-state index in [-0.39, 0.29) is 16.8 Å². The van der Waals surface area contributed by atoms with Crippen LogP contribution in [0, 0.1) is 0 Å². The maximum absolute atomic E-state index is 12.9. The van der Waals surface area contributed by atoms with Gasteiger partial charge in [-0.1, -0.05) is 19.9 Å². The number of halogens is 2. The zero-order valence-corrected chi connectivity index (χ0v) is 10.4. The molecule has 0 amide bonds. The van der Waals surface area contributed by atoms with Crippen LogP contribution in [0.15, 0.2) is 18.2 Å². The zero-order valence-electron chi connectivity index (χ0n) is 10.4. The van der Waals surface area contributed by atoms with Gasteiger partial charge < -0.3 is 10.5 Å². The highest BCUT2D eigenvalue weighted by Gasteiger charge is 2.25. The first-order valence-corrected chi connectivity index (χ1v) is 5.22. The fourth-order valence-corrected chi connectivity index (χ4v) is 1.13. The van der Waals surface area contributed by atoms with Crippen molar-refractivity contribution in [2.45, 2.75) is 26.7 Å². The van der Waals surface area contributed by atoms with E-state index in [4.69, 9.17) is 5.73 Å². The molecule has 17 heavy (non-hydrogen) atoms. The summed E-state index contributed by atoms with van der Waals surface area (Å²) in [6.07, 6.45) is 0. The van der Waals surface area contributed by atoms with Crippen LogP contribution in [0.2, 0.25) is 0 Å². The Hall–Kier alpha value is -1.65. The number of esters is 1. The quantitative estimate of drug-likeness (QED) is 0.643. The van der Waals surface area contributed by atoms with E-state index in [1.165, 1.54) is 13.2 Å². The average Bonchev–Trinajstić information content (AvgIpc) is 2.29. The molecular formula is C12H17F2NO2. The van der Waals surface area contributed by atoms with E-state index >= 15 is 0 Å². The van der Waals surface area contributed by atoms with Crippen molar-refractivity contribution >= 4 is 11.7 Å². The smallest absolute Gasteiger partial charge is 0.339 e. The van der Waals surface area contributed by atoms with Crippen LogP contribution in [0.3, 0.4) is 0 Å². The Kier molecular flexibility index (Phi) is 5.58. The summed E-state index contributed by atoms with van der Waals surface area (Å²) in [6.45, 7) is 4.76. The number of carbonyl (C=O) groups is 1. The molecule has 0 bridgehead atoms. The molecule has 0 atom stereocenters. The van der Waals surface area contributed by atoms with Gasteiger partial charge in [-0.05, 0) is 12.1 Å². The summed E-state index contributed by atoms with van der Waals surface area (Å²) >= 11 is 0. The zero-order chi connectivity index (χ0) is 13.6. The summed E-state index contributed by atoms with van der Waals surface area (Å²) in [4.78, 5) is 11.1. The summed E-state index contributed by atoms with van der Waals surface area (Å²) in [6, 6.07) is 3.46. The van der Waals surface area contributed by atoms with E-state index in [9.17, 15) is 13.6 Å². The maximum Gasteiger partial charge on any atom is 0.339 e. The highest BCUT2D eigenvalue weighted by Crippen LogP contribution is 2.29. The number of carbonyl (C=O) groups excluding carboxylic acids is 1. The minimum atomic E-state index is -2.97. The van der Waals surface area contributed by atoms with E-state index in [0.717, 1.165) is 19.1 Å². The first-order valence-electron chi connectivity index (χ1n) is 5.22. The van der Waals surface area contributed by atoms with Crippen LogP contribution in [0.4, 0.5) is 14.5 Å². The van der Waals surface area contributed by atoms with E-state index in [0.29, 0.717) is 0 Å². The Morgan fingerprint density at radius 3 is 2.24 bits per heavy atom. The van der Waals surface area contributed by atoms with Gasteiger partial charge in [-0.15, -0.1) is 0 Å². The van der Waals surface area contributed by atoms with Crippen molar-refractivity contribution in [1.29, 1.82) is 0 Å². The monoisotopic (exact) mass is 245 g/mol. The minimum absolute atomic E-state index is 0.0131. The second kappa shape index (κ2) is 6.18. The first-order chi connectivity index (χ1) is 7.86. The van der Waals surface area contributed by atoms with Gasteiger partial charge in [0.1, 0.15) is 0 Å². The summed E-state index contributed by atoms with van der Waals surface area (Å²) < 4.78 is 30.2. The molecule has 5 heteroatoms. The highest BCUT2D eigenvalue weighted by atomic mass is 19.3. The average molecular weight is 245 g/mol. The third kappa shape index (κ3) is 4.01. The van der Waals surface area contributed by atoms with Crippen molar-refractivity contribution in [2.24, 2.45) is 0 Å². The standard InChI is InChI=1S/C10H11F2NO2.C2H6/c1-10(11,12)6-3-4-7(8(13)5-6)9(14)15-2;1-2/h3-5H,13H2,1-2H3;1-2H3. The van der Waals surface area contributed by atoms with Gasteiger partial charge in [0.15, 0.2) is 0 Å². The fraction of sp³-hybridized carbons (Fsp3) is 0.417. The van der Waals surface area contributed by atoms with Crippen LogP contribution in [-0.2, 0) is 10.7 Å². The Balaban J connectivity index is 0.00000121. The molecule has 0 heterocycles. The molecule has 0 fully saturated rings. The number of alkyl halides is 2. The van der Waals surface area contributed by atoms with E-state index in [1.807, 2.05) is 13.8 Å². The summed E-state index contributed by atoms with van der Waals surface area (Å²) in [5.41, 5.74) is 5.31. The minimum Gasteiger partial charge on any atom is -0.465 e. The van der Waals surface area contributed by atoms with Crippen molar-refractivity contribution in [1.82, 2.24) is 0 Å². The third-order valence-corrected chi connectivity index (χ3v) is 1.96. The molecule has 3 nitrogen and oxygen atoms in total. The molecule has 0 aliphatic carbocycles. The molecule has 0 aliphatic rings. The van der Waals surface area contributed by atoms with Crippen LogP contribution >= 0.6 is 0 Å². The summed E-state index contributed by atoms with van der Waals surface area (Å²) in [5.74, 6) is -3.61. The molecule has 2 N–H and O–H groups in total. The molecule has 1 rings (SSSR count). The van der Waals surface area contributed by atoms with Crippen molar-refractivity contribution in [2.75, 3.05) is 12.8 Å². The lowest BCUT2D eigenvalue weighted by Crippen LogP contribution is -2.11. The number of ether oxygens (including phenoxy) is 1. The summed E-state index contributed by atoms with van der Waals surface area (Å²) in [7, 11) is 1.20. The number of benzene rings is 1. The molecule has 0 spiro atoms. The first kappa shape index (κ1) is 15.3. The lowest BCUT2D eigenvalue weighted by Gasteiger charge is -2.12. The van der Waals surface area contributed by atoms with Crippen LogP contribution in [-0.4, -0.2) is 13.1 Å². The Bertz CT molecular complexity index is 387. The van der Waals surface area contributed by atoms with Crippen LogP contribution in [0.5, 0.6) is 0 Å². The molecule has 0 aromatic heterocycles. The molecule has 96 valence electrons. The van der Waals surface area contributed by atoms with Crippen molar-refractivity contribution in [3.05, 3.63) is 29.3 Å². The van der Waals surface area contributed by atoms with Crippen LogP contribution in [0.1, 0.15) is 36.7 Å². The number of nitrogens with two attached hydrogens (primary N) is 1.